The molecule has 1 N–H and O–H groups in total. The molecule has 1 heterocycles. The van der Waals surface area contributed by atoms with Gasteiger partial charge in [0.2, 0.25) is 0 Å². The maximum Gasteiger partial charge on any atom is 0.168 e. The number of aromatic amines is 1. The average Bonchev–Trinajstić information content (AvgIpc) is 2.51. The summed E-state index contributed by atoms with van der Waals surface area (Å²) in [7, 11) is 0. The molecular weight excluding hydrogens is 136 g/mol. The SMILES string of the molecule is [2H]c1cccc(-c2nccn2[2H])c1. The Morgan fingerprint density at radius 1 is 1.45 bits per heavy atom. The van der Waals surface area contributed by atoms with Crippen molar-refractivity contribution in [2.75, 3.05) is 0 Å². The van der Waals surface area contributed by atoms with Crippen molar-refractivity contribution in [1.82, 2.24) is 9.96 Å². The minimum absolute atomic E-state index is 0.431. The summed E-state index contributed by atoms with van der Waals surface area (Å²) in [6.07, 6.45) is 3.13. The lowest BCUT2D eigenvalue weighted by Crippen LogP contribution is -1.77. The molecule has 0 bridgehead atoms. The van der Waals surface area contributed by atoms with Crippen LogP contribution in [0.15, 0.2) is 42.7 Å². The van der Waals surface area contributed by atoms with Crippen LogP contribution in [-0.4, -0.2) is 9.96 Å². The zero-order chi connectivity index (χ0) is 9.26. The molecule has 0 atom stereocenters. The van der Waals surface area contributed by atoms with Gasteiger partial charge in [0.25, 0.3) is 0 Å². The lowest BCUT2D eigenvalue weighted by Gasteiger charge is -1.92. The first-order chi connectivity index (χ1) is 6.27. The van der Waals surface area contributed by atoms with Gasteiger partial charge >= 0.3 is 0 Å². The number of rotatable bonds is 1. The highest BCUT2D eigenvalue weighted by atomic mass is 14.9. The topological polar surface area (TPSA) is 28.7 Å². The van der Waals surface area contributed by atoms with Gasteiger partial charge in [0, 0.05) is 18.0 Å². The molecular formula is C9H8N2. The Morgan fingerprint density at radius 2 is 2.45 bits per heavy atom. The van der Waals surface area contributed by atoms with Crippen LogP contribution in [0.5, 0.6) is 0 Å². The fourth-order valence-corrected chi connectivity index (χ4v) is 0.923. The predicted molar refractivity (Wildman–Crippen MR) is 44.0 cm³/mol. The first-order valence-corrected chi connectivity index (χ1v) is 3.37. The van der Waals surface area contributed by atoms with Crippen LogP contribution >= 0.6 is 0 Å². The second-order valence-electron chi connectivity index (χ2n) is 2.17. The van der Waals surface area contributed by atoms with Crippen LogP contribution in [0.1, 0.15) is 1.37 Å². The molecule has 0 unspecified atom stereocenters. The highest BCUT2D eigenvalue weighted by molar-refractivity contribution is 5.53. The van der Waals surface area contributed by atoms with Gasteiger partial charge in [-0.1, -0.05) is 30.3 Å². The first kappa shape index (κ1) is 4.34. The second kappa shape index (κ2) is 2.58. The summed E-state index contributed by atoms with van der Waals surface area (Å²) in [6, 6.07) is 7.44. The summed E-state index contributed by atoms with van der Waals surface area (Å²) in [5.74, 6) is 0.564. The van der Waals surface area contributed by atoms with Crippen LogP contribution in [0.3, 0.4) is 0 Å². The molecule has 0 amide bonds. The van der Waals surface area contributed by atoms with E-state index in [4.69, 9.17) is 2.78 Å². The third kappa shape index (κ3) is 1.15. The van der Waals surface area contributed by atoms with Crippen LogP contribution in [0.25, 0.3) is 11.4 Å². The lowest BCUT2D eigenvalue weighted by molar-refractivity contribution is 1.31. The fraction of sp³-hybridized carbons (Fsp3) is 0. The van der Waals surface area contributed by atoms with Crippen LogP contribution in [0.2, 0.25) is 1.41 Å². The number of aromatic nitrogens is 2. The maximum absolute atomic E-state index is 7.45. The molecule has 2 heteroatoms. The number of hydrogen-bond acceptors (Lipinski definition) is 1. The molecule has 0 saturated carbocycles. The number of benzene rings is 1. The van der Waals surface area contributed by atoms with E-state index < -0.39 is 0 Å². The quantitative estimate of drug-likeness (QED) is 0.655. The Bertz CT molecular complexity index is 423. The van der Waals surface area contributed by atoms with Crippen LogP contribution in [0, 0.1) is 0 Å². The Balaban J connectivity index is 2.53. The predicted octanol–water partition coefficient (Wildman–Crippen LogP) is 2.08. The van der Waals surface area contributed by atoms with E-state index in [-0.39, 0.29) is 0 Å². The van der Waals surface area contributed by atoms with Gasteiger partial charge in [0.15, 0.2) is 1.41 Å². The standard InChI is InChI=1S/C9H8N2/c1-2-4-8(5-3-1)9-10-6-7-11-9/h1-7H,(H,10,11)/i2D/hD. The van der Waals surface area contributed by atoms with E-state index in [2.05, 4.69) is 4.98 Å². The van der Waals surface area contributed by atoms with Crippen molar-refractivity contribution in [1.29, 1.82) is 0 Å². The van der Waals surface area contributed by atoms with Gasteiger partial charge < -0.3 is 4.98 Å². The van der Waals surface area contributed by atoms with Gasteiger partial charge in [-0.25, -0.2) is 4.98 Å². The number of hydrogen-bond donors (Lipinski definition) is 1. The zero-order valence-corrected chi connectivity index (χ0v) is 5.86. The van der Waals surface area contributed by atoms with Gasteiger partial charge in [-0.2, -0.15) is 0 Å². The molecule has 0 saturated heterocycles. The van der Waals surface area contributed by atoms with Gasteiger partial charge in [-0.3, -0.25) is 0 Å². The minimum atomic E-state index is 0.431. The molecule has 0 aliphatic rings. The first-order valence-electron chi connectivity index (χ1n) is 4.32. The number of imidazole rings is 1. The van der Waals surface area contributed by atoms with Crippen molar-refractivity contribution in [3.63, 3.8) is 0 Å². The molecule has 0 radical (unpaired) electrons. The molecule has 2 nitrogen and oxygen atoms in total. The zero-order valence-electron chi connectivity index (χ0n) is 7.86. The summed E-state index contributed by atoms with van der Waals surface area (Å²) in [5.41, 5.74) is 0.799. The van der Waals surface area contributed by atoms with Crippen molar-refractivity contribution in [3.8, 4) is 11.4 Å². The van der Waals surface area contributed by atoms with Gasteiger partial charge in [0.1, 0.15) is 5.82 Å². The van der Waals surface area contributed by atoms with Gasteiger partial charge in [-0.15, -0.1) is 0 Å². The van der Waals surface area contributed by atoms with Gasteiger partial charge in [-0.05, 0) is 0 Å². The summed E-state index contributed by atoms with van der Waals surface area (Å²) >= 11 is 0. The highest BCUT2D eigenvalue weighted by Crippen LogP contribution is 2.11. The smallest absolute Gasteiger partial charge is 0.168 e. The van der Waals surface area contributed by atoms with E-state index in [9.17, 15) is 0 Å². The van der Waals surface area contributed by atoms with Gasteiger partial charge in [0.05, 0.1) is 1.37 Å². The monoisotopic (exact) mass is 146 g/mol. The molecule has 0 aliphatic heterocycles. The number of nitrogens with zero attached hydrogens (tertiary/aromatic N) is 1. The van der Waals surface area contributed by atoms with Crippen LogP contribution in [-0.2, 0) is 0 Å². The Kier molecular flexibility index (Phi) is 1.02. The lowest BCUT2D eigenvalue weighted by atomic mass is 10.2. The van der Waals surface area contributed by atoms with E-state index in [1.165, 1.54) is 4.98 Å². The fourth-order valence-electron chi connectivity index (χ4n) is 0.923. The van der Waals surface area contributed by atoms with Crippen molar-refractivity contribution in [3.05, 3.63) is 42.7 Å². The molecule has 2 aromatic rings. The third-order valence-electron chi connectivity index (χ3n) is 1.43. The number of H-pyrrole nitrogens is 1. The Morgan fingerprint density at radius 3 is 3.18 bits per heavy atom. The van der Waals surface area contributed by atoms with E-state index >= 15 is 0 Å². The Hall–Kier alpha value is -1.57. The summed E-state index contributed by atoms with van der Waals surface area (Å²) in [6.45, 7) is 0. The summed E-state index contributed by atoms with van der Waals surface area (Å²) < 4.78 is 14.9. The Labute approximate surface area is 67.8 Å². The molecule has 0 fully saturated rings. The minimum Gasteiger partial charge on any atom is -0.345 e. The second-order valence-corrected chi connectivity index (χ2v) is 2.17. The summed E-state index contributed by atoms with van der Waals surface area (Å²) in [4.78, 5) is 5.21. The molecule has 1 aromatic heterocycles. The van der Waals surface area contributed by atoms with E-state index in [1.54, 1.807) is 30.6 Å². The van der Waals surface area contributed by atoms with Crippen molar-refractivity contribution in [2.24, 2.45) is 0 Å². The van der Waals surface area contributed by atoms with E-state index in [1.807, 2.05) is 6.07 Å². The summed E-state index contributed by atoms with van der Waals surface area (Å²) in [5, 5.41) is 0. The molecule has 11 heavy (non-hydrogen) atoms. The van der Waals surface area contributed by atoms with Crippen molar-refractivity contribution in [2.45, 2.75) is 0 Å². The molecule has 1 aromatic carbocycles. The normalized spacial score (nSPS) is 12.4. The van der Waals surface area contributed by atoms with E-state index in [0.29, 0.717) is 11.9 Å². The van der Waals surface area contributed by atoms with Crippen LogP contribution in [0.4, 0.5) is 0 Å². The molecule has 0 aliphatic carbocycles. The molecule has 0 spiro atoms. The highest BCUT2D eigenvalue weighted by Gasteiger charge is 1.94. The molecule has 2 rings (SSSR count). The average molecular weight is 146 g/mol. The third-order valence-corrected chi connectivity index (χ3v) is 1.43. The number of nitrogens with one attached hydrogen (secondary N) is 1. The maximum atomic E-state index is 7.45. The van der Waals surface area contributed by atoms with E-state index in [0.717, 1.165) is 5.56 Å². The van der Waals surface area contributed by atoms with Crippen LogP contribution < -0.4 is 0 Å². The largest absolute Gasteiger partial charge is 0.345 e. The van der Waals surface area contributed by atoms with Crippen molar-refractivity contribution < 1.29 is 2.78 Å². The van der Waals surface area contributed by atoms with Crippen molar-refractivity contribution >= 4 is 0 Å². The molecule has 54 valence electrons.